The molecule has 0 saturated heterocycles. The number of rotatable bonds is 4. The Kier molecular flexibility index (Phi) is 3.71. The van der Waals surface area contributed by atoms with Crippen molar-refractivity contribution in [2.75, 3.05) is 25.9 Å². The molecular formula is C10H17N3O. The molecule has 4 nitrogen and oxygen atoms in total. The lowest BCUT2D eigenvalue weighted by molar-refractivity contribution is 0.333. The van der Waals surface area contributed by atoms with E-state index in [1.54, 1.807) is 16.8 Å². The van der Waals surface area contributed by atoms with Gasteiger partial charge in [0, 0.05) is 31.0 Å². The van der Waals surface area contributed by atoms with Crippen LogP contribution in [0.1, 0.15) is 6.92 Å². The van der Waals surface area contributed by atoms with Crippen molar-refractivity contribution in [3.05, 3.63) is 28.7 Å². The predicted molar refractivity (Wildman–Crippen MR) is 58.3 cm³/mol. The lowest BCUT2D eigenvalue weighted by Crippen LogP contribution is -2.27. The van der Waals surface area contributed by atoms with E-state index in [4.69, 9.17) is 5.73 Å². The van der Waals surface area contributed by atoms with Crippen LogP contribution in [-0.4, -0.2) is 29.6 Å². The van der Waals surface area contributed by atoms with E-state index in [9.17, 15) is 4.79 Å². The van der Waals surface area contributed by atoms with Crippen molar-refractivity contribution in [2.45, 2.75) is 13.5 Å². The Balaban J connectivity index is 2.67. The average molecular weight is 195 g/mol. The maximum Gasteiger partial charge on any atom is 0.250 e. The average Bonchev–Trinajstić information content (AvgIpc) is 2.19. The molecule has 1 aromatic rings. The first kappa shape index (κ1) is 10.8. The summed E-state index contributed by atoms with van der Waals surface area (Å²) in [4.78, 5) is 13.5. The zero-order chi connectivity index (χ0) is 10.6. The predicted octanol–water partition coefficient (Wildman–Crippen LogP) is 0.382. The molecule has 1 aromatic heterocycles. The van der Waals surface area contributed by atoms with Gasteiger partial charge in [-0.2, -0.15) is 0 Å². The van der Waals surface area contributed by atoms with Crippen LogP contribution in [0.25, 0.3) is 0 Å². The molecule has 0 aliphatic carbocycles. The zero-order valence-corrected chi connectivity index (χ0v) is 8.73. The van der Waals surface area contributed by atoms with Crippen molar-refractivity contribution in [3.63, 3.8) is 0 Å². The molecule has 0 aromatic carbocycles. The second-order valence-electron chi connectivity index (χ2n) is 3.39. The highest BCUT2D eigenvalue weighted by atomic mass is 16.1. The van der Waals surface area contributed by atoms with Crippen LogP contribution in [0.15, 0.2) is 23.1 Å². The minimum Gasteiger partial charge on any atom is -0.398 e. The van der Waals surface area contributed by atoms with Crippen molar-refractivity contribution in [2.24, 2.45) is 0 Å². The SMILES string of the molecule is CCN(C)CCn1cc(N)ccc1=O. The molecule has 0 unspecified atom stereocenters. The molecule has 0 radical (unpaired) electrons. The van der Waals surface area contributed by atoms with Crippen LogP contribution in [0.4, 0.5) is 5.69 Å². The molecule has 0 saturated carbocycles. The van der Waals surface area contributed by atoms with Crippen molar-refractivity contribution >= 4 is 5.69 Å². The van der Waals surface area contributed by atoms with E-state index in [2.05, 4.69) is 11.8 Å². The van der Waals surface area contributed by atoms with Gasteiger partial charge in [0.15, 0.2) is 0 Å². The molecule has 0 bridgehead atoms. The Bertz CT molecular complexity index is 345. The van der Waals surface area contributed by atoms with Crippen molar-refractivity contribution in [1.29, 1.82) is 0 Å². The first-order valence-electron chi connectivity index (χ1n) is 4.78. The van der Waals surface area contributed by atoms with Crippen LogP contribution >= 0.6 is 0 Å². The minimum absolute atomic E-state index is 0.00343. The largest absolute Gasteiger partial charge is 0.398 e. The fraction of sp³-hybridized carbons (Fsp3) is 0.500. The third kappa shape index (κ3) is 2.88. The number of pyridine rings is 1. The highest BCUT2D eigenvalue weighted by molar-refractivity contribution is 5.33. The number of nitrogen functional groups attached to an aromatic ring is 1. The molecular weight excluding hydrogens is 178 g/mol. The number of nitrogens with zero attached hydrogens (tertiary/aromatic N) is 2. The van der Waals surface area contributed by atoms with E-state index in [-0.39, 0.29) is 5.56 Å². The summed E-state index contributed by atoms with van der Waals surface area (Å²) < 4.78 is 1.64. The van der Waals surface area contributed by atoms with Gasteiger partial charge in [-0.15, -0.1) is 0 Å². The number of hydrogen-bond donors (Lipinski definition) is 1. The second kappa shape index (κ2) is 4.81. The van der Waals surface area contributed by atoms with Gasteiger partial charge in [-0.1, -0.05) is 6.92 Å². The van der Waals surface area contributed by atoms with Gasteiger partial charge in [0.1, 0.15) is 0 Å². The van der Waals surface area contributed by atoms with Gasteiger partial charge in [0.05, 0.1) is 0 Å². The second-order valence-corrected chi connectivity index (χ2v) is 3.39. The Morgan fingerprint density at radius 3 is 2.86 bits per heavy atom. The first-order valence-corrected chi connectivity index (χ1v) is 4.78. The van der Waals surface area contributed by atoms with E-state index in [1.165, 1.54) is 6.07 Å². The van der Waals surface area contributed by atoms with Gasteiger partial charge in [-0.05, 0) is 19.7 Å². The van der Waals surface area contributed by atoms with Crippen LogP contribution in [0.2, 0.25) is 0 Å². The first-order chi connectivity index (χ1) is 6.63. The van der Waals surface area contributed by atoms with Gasteiger partial charge >= 0.3 is 0 Å². The third-order valence-corrected chi connectivity index (χ3v) is 2.27. The van der Waals surface area contributed by atoms with Gasteiger partial charge in [-0.25, -0.2) is 0 Å². The Morgan fingerprint density at radius 2 is 2.21 bits per heavy atom. The normalized spacial score (nSPS) is 10.8. The van der Waals surface area contributed by atoms with Crippen LogP contribution in [0, 0.1) is 0 Å². The summed E-state index contributed by atoms with van der Waals surface area (Å²) >= 11 is 0. The van der Waals surface area contributed by atoms with E-state index >= 15 is 0 Å². The smallest absolute Gasteiger partial charge is 0.250 e. The molecule has 2 N–H and O–H groups in total. The Hall–Kier alpha value is -1.29. The van der Waals surface area contributed by atoms with Crippen LogP contribution in [-0.2, 0) is 6.54 Å². The topological polar surface area (TPSA) is 51.3 Å². The summed E-state index contributed by atoms with van der Waals surface area (Å²) in [5, 5.41) is 0. The quantitative estimate of drug-likeness (QED) is 0.755. The molecule has 78 valence electrons. The Morgan fingerprint density at radius 1 is 1.50 bits per heavy atom. The number of aromatic nitrogens is 1. The number of anilines is 1. The molecule has 1 heterocycles. The van der Waals surface area contributed by atoms with Gasteiger partial charge < -0.3 is 15.2 Å². The number of likely N-dealkylation sites (N-methyl/N-ethyl adjacent to an activating group) is 1. The van der Waals surface area contributed by atoms with E-state index in [1.807, 2.05) is 7.05 Å². The summed E-state index contributed by atoms with van der Waals surface area (Å²) in [7, 11) is 2.03. The molecule has 0 amide bonds. The summed E-state index contributed by atoms with van der Waals surface area (Å²) in [6.07, 6.45) is 1.69. The lowest BCUT2D eigenvalue weighted by Gasteiger charge is -2.14. The van der Waals surface area contributed by atoms with Gasteiger partial charge in [0.25, 0.3) is 5.56 Å². The highest BCUT2D eigenvalue weighted by Gasteiger charge is 1.98. The van der Waals surface area contributed by atoms with Crippen molar-refractivity contribution in [3.8, 4) is 0 Å². The van der Waals surface area contributed by atoms with Crippen LogP contribution < -0.4 is 11.3 Å². The Labute approximate surface area is 83.9 Å². The molecule has 0 fully saturated rings. The van der Waals surface area contributed by atoms with Crippen LogP contribution in [0.3, 0.4) is 0 Å². The van der Waals surface area contributed by atoms with Gasteiger partial charge in [0.2, 0.25) is 0 Å². The zero-order valence-electron chi connectivity index (χ0n) is 8.73. The molecule has 1 rings (SSSR count). The number of nitrogens with two attached hydrogens (primary N) is 1. The fourth-order valence-electron chi connectivity index (χ4n) is 1.16. The molecule has 4 heteroatoms. The summed E-state index contributed by atoms with van der Waals surface area (Å²) in [6, 6.07) is 3.13. The molecule has 0 aliphatic heterocycles. The molecule has 0 atom stereocenters. The van der Waals surface area contributed by atoms with E-state index in [0.717, 1.165) is 13.1 Å². The highest BCUT2D eigenvalue weighted by Crippen LogP contribution is 1.95. The summed E-state index contributed by atoms with van der Waals surface area (Å²) in [6.45, 7) is 4.62. The molecule has 14 heavy (non-hydrogen) atoms. The maximum atomic E-state index is 11.4. The lowest BCUT2D eigenvalue weighted by atomic mass is 10.4. The third-order valence-electron chi connectivity index (χ3n) is 2.27. The summed E-state index contributed by atoms with van der Waals surface area (Å²) in [5.74, 6) is 0. The van der Waals surface area contributed by atoms with E-state index < -0.39 is 0 Å². The fourth-order valence-corrected chi connectivity index (χ4v) is 1.16. The van der Waals surface area contributed by atoms with E-state index in [0.29, 0.717) is 12.2 Å². The van der Waals surface area contributed by atoms with Crippen molar-refractivity contribution < 1.29 is 0 Å². The van der Waals surface area contributed by atoms with Crippen molar-refractivity contribution in [1.82, 2.24) is 9.47 Å². The van der Waals surface area contributed by atoms with Gasteiger partial charge in [-0.3, -0.25) is 4.79 Å². The minimum atomic E-state index is 0.00343. The molecule has 0 aliphatic rings. The van der Waals surface area contributed by atoms with Crippen LogP contribution in [0.5, 0.6) is 0 Å². The molecule has 0 spiro atoms. The monoisotopic (exact) mass is 195 g/mol. The standard InChI is InChI=1S/C10H17N3O/c1-3-12(2)6-7-13-8-9(11)4-5-10(13)14/h4-5,8H,3,6-7,11H2,1-2H3. The summed E-state index contributed by atoms with van der Waals surface area (Å²) in [5.41, 5.74) is 6.22. The maximum absolute atomic E-state index is 11.4. The number of hydrogen-bond acceptors (Lipinski definition) is 3.